The zero-order valence-electron chi connectivity index (χ0n) is 13.9. The van der Waals surface area contributed by atoms with Gasteiger partial charge in [0, 0.05) is 25.6 Å². The maximum atomic E-state index is 11.7. The van der Waals surface area contributed by atoms with Crippen LogP contribution in [0.4, 0.5) is 0 Å². The molecule has 21 heavy (non-hydrogen) atoms. The van der Waals surface area contributed by atoms with Crippen LogP contribution in [0.25, 0.3) is 0 Å². The molecule has 1 amide bonds. The fourth-order valence-electron chi connectivity index (χ4n) is 2.32. The van der Waals surface area contributed by atoms with Gasteiger partial charge in [-0.1, -0.05) is 58.0 Å². The molecule has 0 aliphatic carbocycles. The van der Waals surface area contributed by atoms with E-state index in [1.54, 1.807) is 0 Å². The summed E-state index contributed by atoms with van der Waals surface area (Å²) in [4.78, 5) is 11.7. The summed E-state index contributed by atoms with van der Waals surface area (Å²) in [5, 5.41) is 6.45. The minimum Gasteiger partial charge on any atom is -0.356 e. The first-order valence-electron chi connectivity index (χ1n) is 7.97. The van der Waals surface area contributed by atoms with Crippen molar-refractivity contribution in [2.45, 2.75) is 53.0 Å². The molecule has 3 nitrogen and oxygen atoms in total. The van der Waals surface area contributed by atoms with E-state index in [1.165, 1.54) is 5.56 Å². The van der Waals surface area contributed by atoms with E-state index in [0.29, 0.717) is 19.0 Å². The highest BCUT2D eigenvalue weighted by atomic mass is 16.1. The third-order valence-corrected chi connectivity index (χ3v) is 3.33. The van der Waals surface area contributed by atoms with Gasteiger partial charge >= 0.3 is 0 Å². The third-order valence-electron chi connectivity index (χ3n) is 3.33. The lowest BCUT2D eigenvalue weighted by molar-refractivity contribution is -0.121. The minimum atomic E-state index is 0.131. The van der Waals surface area contributed by atoms with Crippen molar-refractivity contribution in [1.29, 1.82) is 0 Å². The predicted octanol–water partition coefficient (Wildman–Crippen LogP) is 3.67. The molecule has 1 atom stereocenters. The van der Waals surface area contributed by atoms with E-state index >= 15 is 0 Å². The van der Waals surface area contributed by atoms with Crippen molar-refractivity contribution in [2.75, 3.05) is 13.1 Å². The fraction of sp³-hybridized carbons (Fsp3) is 0.611. The van der Waals surface area contributed by atoms with Gasteiger partial charge in [0.05, 0.1) is 0 Å². The zero-order chi connectivity index (χ0) is 15.7. The van der Waals surface area contributed by atoms with E-state index in [1.807, 2.05) is 6.07 Å². The molecule has 0 spiro atoms. The van der Waals surface area contributed by atoms with E-state index in [4.69, 9.17) is 0 Å². The third kappa shape index (κ3) is 7.86. The molecule has 0 aromatic heterocycles. The SMILES string of the molecule is CCCNC(=O)CCNC(CC(C)(C)C)c1ccccc1. The number of hydrogen-bond acceptors (Lipinski definition) is 2. The lowest BCUT2D eigenvalue weighted by Gasteiger charge is -2.27. The number of carbonyl (C=O) groups is 1. The highest BCUT2D eigenvalue weighted by Gasteiger charge is 2.19. The highest BCUT2D eigenvalue weighted by molar-refractivity contribution is 5.75. The Morgan fingerprint density at radius 1 is 1.14 bits per heavy atom. The number of hydrogen-bond donors (Lipinski definition) is 2. The predicted molar refractivity (Wildman–Crippen MR) is 89.2 cm³/mol. The van der Waals surface area contributed by atoms with E-state index in [0.717, 1.165) is 19.4 Å². The average Bonchev–Trinajstić information content (AvgIpc) is 2.43. The van der Waals surface area contributed by atoms with Crippen molar-refractivity contribution in [2.24, 2.45) is 5.41 Å². The van der Waals surface area contributed by atoms with Crippen molar-refractivity contribution in [3.63, 3.8) is 0 Å². The van der Waals surface area contributed by atoms with E-state index in [9.17, 15) is 4.79 Å². The van der Waals surface area contributed by atoms with E-state index in [-0.39, 0.29) is 11.3 Å². The number of carbonyl (C=O) groups excluding carboxylic acids is 1. The molecule has 1 aromatic carbocycles. The Hall–Kier alpha value is -1.35. The standard InChI is InChI=1S/C18H30N2O/c1-5-12-20-17(21)11-13-19-16(14-18(2,3)4)15-9-7-6-8-10-15/h6-10,16,19H,5,11-14H2,1-4H3,(H,20,21). The van der Waals surface area contributed by atoms with Crippen molar-refractivity contribution in [1.82, 2.24) is 10.6 Å². The van der Waals surface area contributed by atoms with E-state index < -0.39 is 0 Å². The molecule has 2 N–H and O–H groups in total. The molecule has 0 bridgehead atoms. The van der Waals surface area contributed by atoms with Crippen LogP contribution < -0.4 is 10.6 Å². The molecular formula is C18H30N2O. The summed E-state index contributed by atoms with van der Waals surface area (Å²) in [6.45, 7) is 10.3. The molecule has 3 heteroatoms. The van der Waals surface area contributed by atoms with Crippen LogP contribution in [0.2, 0.25) is 0 Å². The van der Waals surface area contributed by atoms with Gasteiger partial charge in [0.1, 0.15) is 0 Å². The molecule has 0 aliphatic heterocycles. The van der Waals surface area contributed by atoms with Crippen LogP contribution in [0.5, 0.6) is 0 Å². The summed E-state index contributed by atoms with van der Waals surface area (Å²) in [6.07, 6.45) is 2.57. The first-order chi connectivity index (χ1) is 9.92. The summed E-state index contributed by atoms with van der Waals surface area (Å²) in [5.41, 5.74) is 1.54. The Kier molecular flexibility index (Phi) is 7.44. The van der Waals surface area contributed by atoms with Gasteiger partial charge in [0.2, 0.25) is 5.91 Å². The summed E-state index contributed by atoms with van der Waals surface area (Å²) < 4.78 is 0. The topological polar surface area (TPSA) is 41.1 Å². The molecule has 0 fully saturated rings. The van der Waals surface area contributed by atoms with Gasteiger partial charge in [-0.25, -0.2) is 0 Å². The van der Waals surface area contributed by atoms with Gasteiger partial charge in [-0.3, -0.25) is 4.79 Å². The van der Waals surface area contributed by atoms with Crippen molar-refractivity contribution in [3.8, 4) is 0 Å². The van der Waals surface area contributed by atoms with Crippen LogP contribution in [-0.2, 0) is 4.79 Å². The molecule has 1 rings (SSSR count). The molecular weight excluding hydrogens is 260 g/mol. The number of amides is 1. The van der Waals surface area contributed by atoms with Gasteiger partial charge in [0.15, 0.2) is 0 Å². The van der Waals surface area contributed by atoms with Crippen LogP contribution in [-0.4, -0.2) is 19.0 Å². The second-order valence-electron chi connectivity index (χ2n) is 6.78. The Morgan fingerprint density at radius 3 is 2.38 bits per heavy atom. The number of benzene rings is 1. The minimum absolute atomic E-state index is 0.131. The van der Waals surface area contributed by atoms with Gasteiger partial charge in [-0.2, -0.15) is 0 Å². The maximum Gasteiger partial charge on any atom is 0.221 e. The Bertz CT molecular complexity index is 409. The highest BCUT2D eigenvalue weighted by Crippen LogP contribution is 2.29. The smallest absolute Gasteiger partial charge is 0.221 e. The quantitative estimate of drug-likeness (QED) is 0.767. The molecule has 1 unspecified atom stereocenters. The van der Waals surface area contributed by atoms with Crippen LogP contribution in [0.3, 0.4) is 0 Å². The van der Waals surface area contributed by atoms with Crippen LogP contribution in [0.15, 0.2) is 30.3 Å². The molecule has 0 saturated heterocycles. The normalized spacial score (nSPS) is 13.0. The van der Waals surface area contributed by atoms with E-state index in [2.05, 4.69) is 62.6 Å². The first kappa shape index (κ1) is 17.7. The van der Waals surface area contributed by atoms with Crippen molar-refractivity contribution < 1.29 is 4.79 Å². The molecule has 0 aliphatic rings. The second kappa shape index (κ2) is 8.83. The lowest BCUT2D eigenvalue weighted by atomic mass is 9.85. The van der Waals surface area contributed by atoms with Gasteiger partial charge in [-0.15, -0.1) is 0 Å². The summed E-state index contributed by atoms with van der Waals surface area (Å²) in [6, 6.07) is 10.8. The van der Waals surface area contributed by atoms with Gasteiger partial charge < -0.3 is 10.6 Å². The molecule has 1 aromatic rings. The molecule has 118 valence electrons. The largest absolute Gasteiger partial charge is 0.356 e. The zero-order valence-corrected chi connectivity index (χ0v) is 13.9. The van der Waals surface area contributed by atoms with Crippen molar-refractivity contribution in [3.05, 3.63) is 35.9 Å². The van der Waals surface area contributed by atoms with Crippen LogP contribution in [0.1, 0.15) is 58.6 Å². The molecule has 0 saturated carbocycles. The number of rotatable bonds is 8. The van der Waals surface area contributed by atoms with Crippen LogP contribution >= 0.6 is 0 Å². The Labute approximate surface area is 129 Å². The Balaban J connectivity index is 2.52. The summed E-state index contributed by atoms with van der Waals surface area (Å²) >= 11 is 0. The van der Waals surface area contributed by atoms with Crippen molar-refractivity contribution >= 4 is 5.91 Å². The number of nitrogens with one attached hydrogen (secondary N) is 2. The maximum absolute atomic E-state index is 11.7. The van der Waals surface area contributed by atoms with Gasteiger partial charge in [0.25, 0.3) is 0 Å². The average molecular weight is 290 g/mol. The lowest BCUT2D eigenvalue weighted by Crippen LogP contribution is -2.31. The summed E-state index contributed by atoms with van der Waals surface area (Å²) in [5.74, 6) is 0.131. The molecule has 0 radical (unpaired) electrons. The first-order valence-corrected chi connectivity index (χ1v) is 7.97. The van der Waals surface area contributed by atoms with Crippen LogP contribution in [0, 0.1) is 5.41 Å². The fourth-order valence-corrected chi connectivity index (χ4v) is 2.32. The second-order valence-corrected chi connectivity index (χ2v) is 6.78. The van der Waals surface area contributed by atoms with Gasteiger partial charge in [-0.05, 0) is 23.8 Å². The monoisotopic (exact) mass is 290 g/mol. The summed E-state index contributed by atoms with van der Waals surface area (Å²) in [7, 11) is 0. The Morgan fingerprint density at radius 2 is 1.81 bits per heavy atom. The molecule has 0 heterocycles.